The molecular formula is C24H35ClN6O3S. The average Bonchev–Trinajstić information content (AvgIpc) is 3.27. The second-order valence-corrected chi connectivity index (χ2v) is 12.1. The van der Waals surface area contributed by atoms with E-state index in [9.17, 15) is 13.2 Å². The van der Waals surface area contributed by atoms with Crippen molar-refractivity contribution in [3.05, 3.63) is 41.0 Å². The molecule has 35 heavy (non-hydrogen) atoms. The number of nitrogens with one attached hydrogen (secondary N) is 1. The Labute approximate surface area is 213 Å². The molecule has 0 radical (unpaired) electrons. The first-order chi connectivity index (χ1) is 16.6. The summed E-state index contributed by atoms with van der Waals surface area (Å²) in [6.45, 7) is 10.2. The van der Waals surface area contributed by atoms with E-state index in [0.29, 0.717) is 13.1 Å². The molecule has 3 heterocycles. The summed E-state index contributed by atoms with van der Waals surface area (Å²) >= 11 is 6.58. The molecule has 2 fully saturated rings. The molecule has 0 atom stereocenters. The lowest BCUT2D eigenvalue weighted by Gasteiger charge is -2.36. The Kier molecular flexibility index (Phi) is 7.92. The number of anilines is 2. The van der Waals surface area contributed by atoms with Crippen molar-refractivity contribution >= 4 is 39.2 Å². The first-order valence-corrected chi connectivity index (χ1v) is 14.4. The lowest BCUT2D eigenvalue weighted by atomic mass is 9.86. The van der Waals surface area contributed by atoms with Crippen LogP contribution in [0.3, 0.4) is 0 Å². The van der Waals surface area contributed by atoms with Gasteiger partial charge in [0, 0.05) is 58.1 Å². The van der Waals surface area contributed by atoms with Crippen LogP contribution in [0.25, 0.3) is 0 Å². The van der Waals surface area contributed by atoms with Gasteiger partial charge in [-0.05, 0) is 42.4 Å². The van der Waals surface area contributed by atoms with E-state index in [4.69, 9.17) is 11.6 Å². The van der Waals surface area contributed by atoms with Crippen LogP contribution in [0.4, 0.5) is 16.3 Å². The van der Waals surface area contributed by atoms with Crippen molar-refractivity contribution in [2.24, 2.45) is 11.8 Å². The maximum atomic E-state index is 12.8. The van der Waals surface area contributed by atoms with Gasteiger partial charge in [0.2, 0.25) is 10.0 Å². The number of piperidine rings is 1. The van der Waals surface area contributed by atoms with Gasteiger partial charge in [0.05, 0.1) is 17.0 Å². The monoisotopic (exact) mass is 522 g/mol. The molecule has 1 aromatic carbocycles. The molecule has 2 aliphatic heterocycles. The van der Waals surface area contributed by atoms with Gasteiger partial charge < -0.3 is 9.80 Å². The summed E-state index contributed by atoms with van der Waals surface area (Å²) in [5.74, 6) is 1.65. The Morgan fingerprint density at radius 2 is 1.80 bits per heavy atom. The second kappa shape index (κ2) is 10.8. The van der Waals surface area contributed by atoms with Crippen LogP contribution < -0.4 is 9.62 Å². The van der Waals surface area contributed by atoms with Crippen LogP contribution in [0.2, 0.25) is 5.02 Å². The lowest BCUT2D eigenvalue weighted by Crippen LogP contribution is -2.49. The number of carbonyl (C=O) groups is 1. The minimum Gasteiger partial charge on any atom is -0.370 e. The Hall–Kier alpha value is -2.30. The van der Waals surface area contributed by atoms with Gasteiger partial charge >= 0.3 is 6.03 Å². The summed E-state index contributed by atoms with van der Waals surface area (Å²) < 4.78 is 26.2. The average molecular weight is 523 g/mol. The Morgan fingerprint density at radius 1 is 1.11 bits per heavy atom. The highest BCUT2D eigenvalue weighted by Gasteiger charge is 2.25. The third-order valence-electron chi connectivity index (χ3n) is 6.96. The van der Waals surface area contributed by atoms with E-state index < -0.39 is 10.0 Å². The standard InChI is InChI=1S/C24H35ClN6O3S/c1-18(2)20-6-9-29(10-7-20)22-16-19(4-5-21(22)25)17-28-12-14-30(15-13-28)24(32)31-11-8-23(26-31)27-35(3,33)34/h4-5,8,11,16,18,20H,6-7,9-10,12-15,17H2,1-3H3,(H,26,27). The van der Waals surface area contributed by atoms with E-state index in [1.54, 1.807) is 4.90 Å². The zero-order valence-electron chi connectivity index (χ0n) is 20.7. The van der Waals surface area contributed by atoms with Crippen LogP contribution in [0.15, 0.2) is 30.5 Å². The first-order valence-electron chi connectivity index (χ1n) is 12.2. The highest BCUT2D eigenvalue weighted by molar-refractivity contribution is 7.92. The van der Waals surface area contributed by atoms with Crippen molar-refractivity contribution in [3.63, 3.8) is 0 Å². The fourth-order valence-corrected chi connectivity index (χ4v) is 5.61. The molecule has 9 nitrogen and oxygen atoms in total. The van der Waals surface area contributed by atoms with Crippen LogP contribution in [-0.4, -0.2) is 79.6 Å². The number of halogens is 1. The van der Waals surface area contributed by atoms with Crippen LogP contribution >= 0.6 is 11.6 Å². The van der Waals surface area contributed by atoms with E-state index in [0.717, 1.165) is 61.5 Å². The zero-order valence-corrected chi connectivity index (χ0v) is 22.2. The molecule has 0 bridgehead atoms. The number of hydrogen-bond donors (Lipinski definition) is 1. The molecule has 11 heteroatoms. The van der Waals surface area contributed by atoms with Gasteiger partial charge in [-0.2, -0.15) is 4.68 Å². The van der Waals surface area contributed by atoms with Crippen molar-refractivity contribution in [1.82, 2.24) is 19.6 Å². The second-order valence-electron chi connectivity index (χ2n) is 9.92. The Bertz CT molecular complexity index is 1140. The van der Waals surface area contributed by atoms with Crippen LogP contribution in [0.1, 0.15) is 32.3 Å². The number of sulfonamides is 1. The summed E-state index contributed by atoms with van der Waals surface area (Å²) in [6, 6.07) is 7.52. The van der Waals surface area contributed by atoms with Gasteiger partial charge in [-0.1, -0.05) is 31.5 Å². The number of piperazine rings is 1. The highest BCUT2D eigenvalue weighted by atomic mass is 35.5. The van der Waals surface area contributed by atoms with Crippen molar-refractivity contribution < 1.29 is 13.2 Å². The molecule has 1 aromatic heterocycles. The molecule has 2 saturated heterocycles. The van der Waals surface area contributed by atoms with Gasteiger partial charge in [-0.3, -0.25) is 9.62 Å². The third kappa shape index (κ3) is 6.68. The van der Waals surface area contributed by atoms with Gasteiger partial charge in [0.15, 0.2) is 5.82 Å². The van der Waals surface area contributed by atoms with E-state index in [1.165, 1.54) is 35.4 Å². The Morgan fingerprint density at radius 3 is 2.43 bits per heavy atom. The Balaban J connectivity index is 1.31. The third-order valence-corrected chi connectivity index (χ3v) is 7.86. The topological polar surface area (TPSA) is 90.8 Å². The number of nitrogens with zero attached hydrogens (tertiary/aromatic N) is 5. The van der Waals surface area contributed by atoms with Gasteiger partial charge in [0.25, 0.3) is 0 Å². The van der Waals surface area contributed by atoms with E-state index in [2.05, 4.69) is 45.6 Å². The molecule has 0 unspecified atom stereocenters. The molecule has 2 aliphatic rings. The molecule has 4 rings (SSSR count). The first kappa shape index (κ1) is 25.8. The molecule has 0 spiro atoms. The van der Waals surface area contributed by atoms with E-state index >= 15 is 0 Å². The van der Waals surface area contributed by atoms with Crippen molar-refractivity contribution in [2.45, 2.75) is 33.2 Å². The van der Waals surface area contributed by atoms with Crippen molar-refractivity contribution in [3.8, 4) is 0 Å². The minimum atomic E-state index is -3.44. The molecule has 0 aliphatic carbocycles. The molecule has 192 valence electrons. The predicted molar refractivity (Wildman–Crippen MR) is 140 cm³/mol. The quantitative estimate of drug-likeness (QED) is 0.623. The summed E-state index contributed by atoms with van der Waals surface area (Å²) in [5.41, 5.74) is 2.34. The number of benzene rings is 1. The van der Waals surface area contributed by atoms with Gasteiger partial charge in [0.1, 0.15) is 0 Å². The maximum Gasteiger partial charge on any atom is 0.344 e. The van der Waals surface area contributed by atoms with Gasteiger partial charge in [-0.15, -0.1) is 5.10 Å². The van der Waals surface area contributed by atoms with Gasteiger partial charge in [-0.25, -0.2) is 13.2 Å². The summed E-state index contributed by atoms with van der Waals surface area (Å²) in [6.07, 6.45) is 4.93. The van der Waals surface area contributed by atoms with Crippen LogP contribution in [-0.2, 0) is 16.6 Å². The number of rotatable bonds is 6. The summed E-state index contributed by atoms with van der Waals surface area (Å²) in [7, 11) is -3.44. The minimum absolute atomic E-state index is 0.131. The smallest absolute Gasteiger partial charge is 0.344 e. The van der Waals surface area contributed by atoms with Crippen molar-refractivity contribution in [1.29, 1.82) is 0 Å². The molecular weight excluding hydrogens is 488 g/mol. The number of aromatic nitrogens is 2. The van der Waals surface area contributed by atoms with Crippen molar-refractivity contribution in [2.75, 3.05) is 55.1 Å². The number of hydrogen-bond acceptors (Lipinski definition) is 6. The van der Waals surface area contributed by atoms with E-state index in [-0.39, 0.29) is 11.8 Å². The maximum absolute atomic E-state index is 12.8. The normalized spacial score (nSPS) is 18.3. The summed E-state index contributed by atoms with van der Waals surface area (Å²) in [4.78, 5) is 19.3. The molecule has 1 amide bonds. The lowest BCUT2D eigenvalue weighted by molar-refractivity contribution is 0.134. The van der Waals surface area contributed by atoms with Crippen LogP contribution in [0, 0.1) is 11.8 Å². The molecule has 0 saturated carbocycles. The van der Waals surface area contributed by atoms with E-state index in [1.807, 2.05) is 6.07 Å². The van der Waals surface area contributed by atoms with Crippen LogP contribution in [0.5, 0.6) is 0 Å². The SMILES string of the molecule is CC(C)C1CCN(c2cc(CN3CCN(C(=O)n4ccc(NS(C)(=O)=O)n4)CC3)ccc2Cl)CC1. The molecule has 2 aromatic rings. The predicted octanol–water partition coefficient (Wildman–Crippen LogP) is 3.57. The fraction of sp³-hybridized carbons (Fsp3) is 0.583. The fourth-order valence-electron chi connectivity index (χ4n) is 4.88. The highest BCUT2D eigenvalue weighted by Crippen LogP contribution is 2.33. The summed E-state index contributed by atoms with van der Waals surface area (Å²) in [5, 5.41) is 4.84. The largest absolute Gasteiger partial charge is 0.370 e. The zero-order chi connectivity index (χ0) is 25.2. The number of carbonyl (C=O) groups excluding carboxylic acids is 1. The molecule has 1 N–H and O–H groups in total. The number of amides is 1.